The van der Waals surface area contributed by atoms with Gasteiger partial charge in [-0.15, -0.1) is 0 Å². The Balaban J connectivity index is 2.36. The van der Waals surface area contributed by atoms with Gasteiger partial charge in [-0.2, -0.15) is 0 Å². The molecule has 27 heavy (non-hydrogen) atoms. The Hall–Kier alpha value is -2.48. The standard InChI is InChI=1S/C19H21BrN4O3/c1-3-9-22-18(26)16-17(21-15(10-20)23(16)11-13(2)25)24(19(22)27)12-14-7-5-4-6-8-14/h4-8H,3,9-12H2,1-2H3. The first-order chi connectivity index (χ1) is 13.0. The summed E-state index contributed by atoms with van der Waals surface area (Å²) in [6.45, 7) is 4.04. The van der Waals surface area contributed by atoms with Crippen LogP contribution < -0.4 is 11.2 Å². The zero-order valence-corrected chi connectivity index (χ0v) is 16.9. The van der Waals surface area contributed by atoms with Gasteiger partial charge in [0.1, 0.15) is 11.6 Å². The Morgan fingerprint density at radius 1 is 1.11 bits per heavy atom. The average Bonchev–Trinajstić information content (AvgIpc) is 3.01. The minimum absolute atomic E-state index is 0.0440. The number of halogens is 1. The number of hydrogen-bond acceptors (Lipinski definition) is 4. The molecule has 0 radical (unpaired) electrons. The normalized spacial score (nSPS) is 11.2. The maximum atomic E-state index is 13.0. The summed E-state index contributed by atoms with van der Waals surface area (Å²) < 4.78 is 4.37. The van der Waals surface area contributed by atoms with Crippen LogP contribution >= 0.6 is 15.9 Å². The Bertz CT molecular complexity index is 1100. The van der Waals surface area contributed by atoms with Crippen molar-refractivity contribution in [1.29, 1.82) is 0 Å². The number of ketones is 1. The van der Waals surface area contributed by atoms with Crippen LogP contribution in [-0.4, -0.2) is 24.5 Å². The van der Waals surface area contributed by atoms with Gasteiger partial charge in [-0.1, -0.05) is 53.2 Å². The second-order valence-electron chi connectivity index (χ2n) is 6.43. The lowest BCUT2D eigenvalue weighted by Crippen LogP contribution is -2.41. The number of fused-ring (bicyclic) bond motifs is 1. The van der Waals surface area contributed by atoms with E-state index in [4.69, 9.17) is 0 Å². The van der Waals surface area contributed by atoms with Crippen LogP contribution in [0.3, 0.4) is 0 Å². The van der Waals surface area contributed by atoms with Crippen molar-refractivity contribution in [3.8, 4) is 0 Å². The highest BCUT2D eigenvalue weighted by Gasteiger charge is 2.21. The molecule has 0 spiro atoms. The second-order valence-corrected chi connectivity index (χ2v) is 6.99. The smallest absolute Gasteiger partial charge is 0.314 e. The Morgan fingerprint density at radius 3 is 2.41 bits per heavy atom. The zero-order chi connectivity index (χ0) is 19.6. The SMILES string of the molecule is CCCn1c(=O)c2c(nc(CBr)n2CC(C)=O)n(Cc2ccccc2)c1=O. The minimum Gasteiger partial charge on any atom is -0.314 e. The predicted molar refractivity (Wildman–Crippen MR) is 107 cm³/mol. The van der Waals surface area contributed by atoms with Crippen molar-refractivity contribution in [2.75, 3.05) is 0 Å². The lowest BCUT2D eigenvalue weighted by molar-refractivity contribution is -0.117. The fourth-order valence-electron chi connectivity index (χ4n) is 3.16. The minimum atomic E-state index is -0.401. The highest BCUT2D eigenvalue weighted by molar-refractivity contribution is 9.08. The first kappa shape index (κ1) is 19.3. The van der Waals surface area contributed by atoms with Crippen molar-refractivity contribution in [3.05, 3.63) is 62.6 Å². The van der Waals surface area contributed by atoms with Crippen molar-refractivity contribution < 1.29 is 4.79 Å². The molecule has 8 heteroatoms. The van der Waals surface area contributed by atoms with Crippen LogP contribution in [0.4, 0.5) is 0 Å². The lowest BCUT2D eigenvalue weighted by Gasteiger charge is -2.12. The molecule has 0 atom stereocenters. The van der Waals surface area contributed by atoms with E-state index in [-0.39, 0.29) is 18.0 Å². The Labute approximate surface area is 164 Å². The van der Waals surface area contributed by atoms with Crippen molar-refractivity contribution >= 4 is 32.9 Å². The maximum Gasteiger partial charge on any atom is 0.333 e. The molecule has 0 aliphatic carbocycles. The van der Waals surface area contributed by atoms with E-state index in [1.807, 2.05) is 37.3 Å². The van der Waals surface area contributed by atoms with Crippen LogP contribution in [0.25, 0.3) is 11.2 Å². The van der Waals surface area contributed by atoms with Gasteiger partial charge in [-0.3, -0.25) is 18.7 Å². The second kappa shape index (κ2) is 8.04. The maximum absolute atomic E-state index is 13.0. The molecule has 0 saturated carbocycles. The van der Waals surface area contributed by atoms with Crippen molar-refractivity contribution in [1.82, 2.24) is 18.7 Å². The van der Waals surface area contributed by atoms with E-state index in [2.05, 4.69) is 20.9 Å². The van der Waals surface area contributed by atoms with Crippen LogP contribution in [0.5, 0.6) is 0 Å². The predicted octanol–water partition coefficient (Wildman–Crippen LogP) is 2.30. The first-order valence-corrected chi connectivity index (χ1v) is 9.92. The summed E-state index contributed by atoms with van der Waals surface area (Å²) in [6, 6.07) is 9.55. The van der Waals surface area contributed by atoms with E-state index < -0.39 is 5.56 Å². The molecule has 0 N–H and O–H groups in total. The lowest BCUT2D eigenvalue weighted by atomic mass is 10.2. The van der Waals surface area contributed by atoms with Gasteiger partial charge in [0.25, 0.3) is 5.56 Å². The highest BCUT2D eigenvalue weighted by atomic mass is 79.9. The average molecular weight is 433 g/mol. The molecule has 2 heterocycles. The largest absolute Gasteiger partial charge is 0.333 e. The van der Waals surface area contributed by atoms with Gasteiger partial charge in [0.2, 0.25) is 0 Å². The fourth-order valence-corrected chi connectivity index (χ4v) is 3.59. The van der Waals surface area contributed by atoms with Crippen LogP contribution in [-0.2, 0) is 29.8 Å². The molecule has 0 bridgehead atoms. The number of Topliss-reactive ketones (excluding diaryl/α,β-unsaturated/α-hetero) is 1. The summed E-state index contributed by atoms with van der Waals surface area (Å²) in [5.74, 6) is 0.464. The van der Waals surface area contributed by atoms with Gasteiger partial charge in [-0.25, -0.2) is 9.78 Å². The van der Waals surface area contributed by atoms with Crippen LogP contribution in [0, 0.1) is 0 Å². The molecule has 2 aromatic heterocycles. The number of aromatic nitrogens is 4. The third-order valence-electron chi connectivity index (χ3n) is 4.32. The Kier molecular flexibility index (Phi) is 5.74. The van der Waals surface area contributed by atoms with Crippen molar-refractivity contribution in [3.63, 3.8) is 0 Å². The first-order valence-electron chi connectivity index (χ1n) is 8.80. The van der Waals surface area contributed by atoms with Gasteiger partial charge in [-0.05, 0) is 18.9 Å². The zero-order valence-electron chi connectivity index (χ0n) is 15.3. The Morgan fingerprint density at radius 2 is 1.81 bits per heavy atom. The molecular formula is C19H21BrN4O3. The van der Waals surface area contributed by atoms with Gasteiger partial charge in [0.05, 0.1) is 18.4 Å². The van der Waals surface area contributed by atoms with E-state index in [1.54, 1.807) is 4.57 Å². The van der Waals surface area contributed by atoms with E-state index >= 15 is 0 Å². The molecule has 142 valence electrons. The van der Waals surface area contributed by atoms with Crippen LogP contribution in [0.1, 0.15) is 31.7 Å². The van der Waals surface area contributed by atoms with E-state index in [0.717, 1.165) is 5.56 Å². The summed E-state index contributed by atoms with van der Waals surface area (Å²) in [5.41, 5.74) is 0.763. The number of carbonyl (C=O) groups excluding carboxylic acids is 1. The molecule has 0 unspecified atom stereocenters. The molecule has 0 fully saturated rings. The van der Waals surface area contributed by atoms with Gasteiger partial charge < -0.3 is 4.57 Å². The van der Waals surface area contributed by atoms with E-state index in [9.17, 15) is 14.4 Å². The summed E-state index contributed by atoms with van der Waals surface area (Å²) in [4.78, 5) is 42.3. The van der Waals surface area contributed by atoms with Crippen molar-refractivity contribution in [2.45, 2.75) is 45.2 Å². The van der Waals surface area contributed by atoms with Gasteiger partial charge in [0, 0.05) is 6.54 Å². The van der Waals surface area contributed by atoms with Gasteiger partial charge >= 0.3 is 5.69 Å². The topological polar surface area (TPSA) is 78.9 Å². The number of carbonyl (C=O) groups is 1. The van der Waals surface area contributed by atoms with E-state index in [0.29, 0.717) is 41.8 Å². The summed E-state index contributed by atoms with van der Waals surface area (Å²) in [6.07, 6.45) is 0.651. The number of imidazole rings is 1. The van der Waals surface area contributed by atoms with Gasteiger partial charge in [0.15, 0.2) is 11.2 Å². The molecule has 7 nitrogen and oxygen atoms in total. The summed E-state index contributed by atoms with van der Waals surface area (Å²) in [7, 11) is 0. The molecule has 0 saturated heterocycles. The highest BCUT2D eigenvalue weighted by Crippen LogP contribution is 2.16. The molecule has 0 aliphatic heterocycles. The third-order valence-corrected chi connectivity index (χ3v) is 4.83. The van der Waals surface area contributed by atoms with Crippen molar-refractivity contribution in [2.24, 2.45) is 0 Å². The number of hydrogen-bond donors (Lipinski definition) is 0. The number of benzene rings is 1. The van der Waals surface area contributed by atoms with Crippen LogP contribution in [0.2, 0.25) is 0 Å². The fraction of sp³-hybridized carbons (Fsp3) is 0.368. The monoisotopic (exact) mass is 432 g/mol. The molecule has 0 amide bonds. The number of alkyl halides is 1. The summed E-state index contributed by atoms with van der Waals surface area (Å²) >= 11 is 3.37. The third kappa shape index (κ3) is 3.66. The number of nitrogens with zero attached hydrogens (tertiary/aromatic N) is 4. The summed E-state index contributed by atoms with van der Waals surface area (Å²) in [5, 5.41) is 0.377. The van der Waals surface area contributed by atoms with Crippen LogP contribution in [0.15, 0.2) is 39.9 Å². The molecule has 1 aromatic carbocycles. The quantitative estimate of drug-likeness (QED) is 0.536. The molecule has 3 aromatic rings. The molecule has 0 aliphatic rings. The molecular weight excluding hydrogens is 412 g/mol. The van der Waals surface area contributed by atoms with E-state index in [1.165, 1.54) is 16.1 Å². The molecule has 3 rings (SSSR count). The number of rotatable bonds is 7.